The van der Waals surface area contributed by atoms with Crippen LogP contribution in [0.2, 0.25) is 0 Å². The van der Waals surface area contributed by atoms with Crippen LogP contribution in [-0.4, -0.2) is 78.7 Å². The van der Waals surface area contributed by atoms with Gasteiger partial charge in [-0.3, -0.25) is 9.80 Å². The van der Waals surface area contributed by atoms with Crippen molar-refractivity contribution < 1.29 is 19.7 Å². The summed E-state index contributed by atoms with van der Waals surface area (Å²) in [7, 11) is 1.66. The fourth-order valence-electron chi connectivity index (χ4n) is 3.95. The van der Waals surface area contributed by atoms with Gasteiger partial charge in [0.1, 0.15) is 12.2 Å². The van der Waals surface area contributed by atoms with E-state index in [9.17, 15) is 10.2 Å². The Balaban J connectivity index is 1.55. The van der Waals surface area contributed by atoms with Gasteiger partial charge in [0.25, 0.3) is 0 Å². The van der Waals surface area contributed by atoms with Gasteiger partial charge >= 0.3 is 0 Å². The van der Waals surface area contributed by atoms with Crippen molar-refractivity contribution in [1.29, 1.82) is 0 Å². The molecule has 0 saturated carbocycles. The molecule has 6 heteroatoms. The zero-order valence-corrected chi connectivity index (χ0v) is 15.8. The van der Waals surface area contributed by atoms with E-state index in [1.54, 1.807) is 7.11 Å². The maximum Gasteiger partial charge on any atom is 0.161 e. The number of piperidine rings is 1. The molecule has 2 aliphatic heterocycles. The van der Waals surface area contributed by atoms with Crippen molar-refractivity contribution in [2.75, 3.05) is 53.0 Å². The summed E-state index contributed by atoms with van der Waals surface area (Å²) >= 11 is 0. The predicted octanol–water partition coefficient (Wildman–Crippen LogP) is 1.49. The Labute approximate surface area is 156 Å². The van der Waals surface area contributed by atoms with Crippen molar-refractivity contribution in [2.24, 2.45) is 0 Å². The Morgan fingerprint density at radius 2 is 1.85 bits per heavy atom. The number of likely N-dealkylation sites (tertiary alicyclic amines) is 2. The Hall–Kier alpha value is -1.34. The Kier molecular flexibility index (Phi) is 6.75. The van der Waals surface area contributed by atoms with Gasteiger partial charge in [0.2, 0.25) is 0 Å². The van der Waals surface area contributed by atoms with Gasteiger partial charge in [-0.2, -0.15) is 0 Å². The summed E-state index contributed by atoms with van der Waals surface area (Å²) in [6, 6.07) is 6.04. The number of aliphatic hydroxyl groups excluding tert-OH is 1. The number of aliphatic hydroxyl groups is 2. The number of β-amino-alcohol motifs (C(OH)–C–C–N with tert-alkyl or cyclic N) is 1. The highest BCUT2D eigenvalue weighted by Crippen LogP contribution is 2.30. The van der Waals surface area contributed by atoms with Crippen molar-refractivity contribution in [3.05, 3.63) is 23.8 Å². The molecule has 2 heterocycles. The first-order valence-corrected chi connectivity index (χ1v) is 9.69. The summed E-state index contributed by atoms with van der Waals surface area (Å²) in [6.45, 7) is 5.96. The molecule has 2 fully saturated rings. The molecule has 0 amide bonds. The largest absolute Gasteiger partial charge is 0.493 e. The van der Waals surface area contributed by atoms with Gasteiger partial charge in [-0.05, 0) is 63.0 Å². The summed E-state index contributed by atoms with van der Waals surface area (Å²) in [6.07, 6.45) is 4.14. The Morgan fingerprint density at radius 3 is 2.58 bits per heavy atom. The molecule has 1 aromatic carbocycles. The number of methoxy groups -OCH3 is 1. The molecular formula is C20H32N2O4. The standard InChI is InChI=1S/C20H32N2O4/c1-25-19-13-17(14-22-10-4-7-20(24,15-22)16-23)5-6-18(19)26-12-11-21-8-2-3-9-21/h5-6,13,23-24H,2-4,7-12,14-16H2,1H3/t20-/m1/s1. The van der Waals surface area contributed by atoms with Crippen molar-refractivity contribution >= 4 is 0 Å². The van der Waals surface area contributed by atoms with E-state index >= 15 is 0 Å². The summed E-state index contributed by atoms with van der Waals surface area (Å²) in [5.74, 6) is 1.53. The van der Waals surface area contributed by atoms with Crippen LogP contribution in [0.4, 0.5) is 0 Å². The van der Waals surface area contributed by atoms with Crippen molar-refractivity contribution in [2.45, 2.75) is 37.8 Å². The van der Waals surface area contributed by atoms with E-state index in [1.165, 1.54) is 25.9 Å². The maximum atomic E-state index is 10.3. The molecule has 1 aromatic rings. The highest BCUT2D eigenvalue weighted by molar-refractivity contribution is 5.43. The summed E-state index contributed by atoms with van der Waals surface area (Å²) < 4.78 is 11.4. The van der Waals surface area contributed by atoms with Crippen LogP contribution in [0.25, 0.3) is 0 Å². The monoisotopic (exact) mass is 364 g/mol. The average Bonchev–Trinajstić information content (AvgIpc) is 3.16. The predicted molar refractivity (Wildman–Crippen MR) is 101 cm³/mol. The first-order valence-electron chi connectivity index (χ1n) is 9.69. The van der Waals surface area contributed by atoms with Crippen LogP contribution in [0.5, 0.6) is 11.5 Å². The van der Waals surface area contributed by atoms with Gasteiger partial charge in [0, 0.05) is 19.6 Å². The van der Waals surface area contributed by atoms with E-state index in [4.69, 9.17) is 9.47 Å². The minimum atomic E-state index is -0.971. The second-order valence-corrected chi connectivity index (χ2v) is 7.58. The molecule has 2 saturated heterocycles. The highest BCUT2D eigenvalue weighted by Gasteiger charge is 2.32. The van der Waals surface area contributed by atoms with Crippen LogP contribution in [0.1, 0.15) is 31.2 Å². The average molecular weight is 364 g/mol. The number of rotatable bonds is 8. The van der Waals surface area contributed by atoms with Crippen LogP contribution in [-0.2, 0) is 6.54 Å². The molecular weight excluding hydrogens is 332 g/mol. The minimum Gasteiger partial charge on any atom is -0.493 e. The van der Waals surface area contributed by atoms with Gasteiger partial charge < -0.3 is 19.7 Å². The highest BCUT2D eigenvalue weighted by atomic mass is 16.5. The fraction of sp³-hybridized carbons (Fsp3) is 0.700. The maximum absolute atomic E-state index is 10.3. The van der Waals surface area contributed by atoms with Crippen LogP contribution >= 0.6 is 0 Å². The quantitative estimate of drug-likeness (QED) is 0.729. The van der Waals surface area contributed by atoms with E-state index < -0.39 is 5.60 Å². The van der Waals surface area contributed by atoms with Gasteiger partial charge in [-0.15, -0.1) is 0 Å². The molecule has 0 unspecified atom stereocenters. The van der Waals surface area contributed by atoms with Gasteiger partial charge in [0.05, 0.1) is 13.7 Å². The van der Waals surface area contributed by atoms with Crippen molar-refractivity contribution in [3.63, 3.8) is 0 Å². The van der Waals surface area contributed by atoms with E-state index in [-0.39, 0.29) is 6.61 Å². The molecule has 6 nitrogen and oxygen atoms in total. The third-order valence-electron chi connectivity index (χ3n) is 5.43. The summed E-state index contributed by atoms with van der Waals surface area (Å²) in [4.78, 5) is 4.61. The van der Waals surface area contributed by atoms with Crippen LogP contribution in [0.3, 0.4) is 0 Å². The Bertz CT molecular complexity index is 577. The molecule has 146 valence electrons. The molecule has 1 atom stereocenters. The summed E-state index contributed by atoms with van der Waals surface area (Å²) in [5, 5.41) is 19.7. The number of ether oxygens (including phenoxy) is 2. The molecule has 0 bridgehead atoms. The number of hydrogen-bond acceptors (Lipinski definition) is 6. The number of hydrogen-bond donors (Lipinski definition) is 2. The van der Waals surface area contributed by atoms with E-state index in [1.807, 2.05) is 12.1 Å². The lowest BCUT2D eigenvalue weighted by Crippen LogP contribution is -2.50. The van der Waals surface area contributed by atoms with Crippen LogP contribution < -0.4 is 9.47 Å². The first kappa shape index (κ1) is 19.4. The fourth-order valence-corrected chi connectivity index (χ4v) is 3.95. The minimum absolute atomic E-state index is 0.184. The van der Waals surface area contributed by atoms with Crippen LogP contribution in [0.15, 0.2) is 18.2 Å². The lowest BCUT2D eigenvalue weighted by atomic mass is 9.93. The molecule has 0 aliphatic carbocycles. The SMILES string of the molecule is COc1cc(CN2CCC[C@](O)(CO)C2)ccc1OCCN1CCCC1. The zero-order valence-electron chi connectivity index (χ0n) is 15.8. The zero-order chi connectivity index (χ0) is 18.4. The lowest BCUT2D eigenvalue weighted by Gasteiger charge is -2.38. The molecule has 0 aromatic heterocycles. The van der Waals surface area contributed by atoms with Gasteiger partial charge in [-0.25, -0.2) is 0 Å². The first-order chi connectivity index (χ1) is 12.6. The molecule has 26 heavy (non-hydrogen) atoms. The number of nitrogens with zero attached hydrogens (tertiary/aromatic N) is 2. The van der Waals surface area contributed by atoms with E-state index in [0.29, 0.717) is 19.6 Å². The van der Waals surface area contributed by atoms with Gasteiger partial charge in [-0.1, -0.05) is 6.07 Å². The topological polar surface area (TPSA) is 65.4 Å². The van der Waals surface area contributed by atoms with Crippen LogP contribution in [0, 0.1) is 0 Å². The normalized spacial score (nSPS) is 24.7. The lowest BCUT2D eigenvalue weighted by molar-refractivity contribution is -0.0687. The molecule has 0 spiro atoms. The van der Waals surface area contributed by atoms with E-state index in [2.05, 4.69) is 15.9 Å². The summed E-state index contributed by atoms with van der Waals surface area (Å²) in [5.41, 5.74) is 0.150. The smallest absolute Gasteiger partial charge is 0.161 e. The van der Waals surface area contributed by atoms with Gasteiger partial charge in [0.15, 0.2) is 11.5 Å². The van der Waals surface area contributed by atoms with Crippen molar-refractivity contribution in [1.82, 2.24) is 9.80 Å². The molecule has 0 radical (unpaired) electrons. The molecule has 2 aliphatic rings. The Morgan fingerprint density at radius 1 is 1.08 bits per heavy atom. The second kappa shape index (κ2) is 9.04. The van der Waals surface area contributed by atoms with Crippen molar-refractivity contribution in [3.8, 4) is 11.5 Å². The molecule has 2 N–H and O–H groups in total. The van der Waals surface area contributed by atoms with E-state index in [0.717, 1.165) is 43.1 Å². The third kappa shape index (κ3) is 5.10. The third-order valence-corrected chi connectivity index (χ3v) is 5.43. The number of benzene rings is 1. The second-order valence-electron chi connectivity index (χ2n) is 7.58. The molecule has 3 rings (SSSR count).